The third-order valence-corrected chi connectivity index (χ3v) is 5.40. The molecule has 2 N–H and O–H groups in total. The molecule has 152 valence electrons. The van der Waals surface area contributed by atoms with Gasteiger partial charge in [-0.2, -0.15) is 0 Å². The molecule has 2 aromatic carbocycles. The Morgan fingerprint density at radius 1 is 0.967 bits per heavy atom. The molecular formula is C23H23N5OS. The van der Waals surface area contributed by atoms with Gasteiger partial charge in [0.15, 0.2) is 5.13 Å². The Bertz CT molecular complexity index is 1170. The predicted octanol–water partition coefficient (Wildman–Crippen LogP) is 5.20. The topological polar surface area (TPSA) is 79.8 Å². The van der Waals surface area contributed by atoms with E-state index in [1.807, 2.05) is 37.4 Å². The molecule has 0 aliphatic heterocycles. The number of aryl methyl sites for hydroxylation is 2. The van der Waals surface area contributed by atoms with Gasteiger partial charge in [0.2, 0.25) is 11.9 Å². The number of thiazole rings is 1. The molecular weight excluding hydrogens is 394 g/mol. The fourth-order valence-electron chi connectivity index (χ4n) is 3.25. The van der Waals surface area contributed by atoms with Crippen molar-refractivity contribution in [3.8, 4) is 11.3 Å². The van der Waals surface area contributed by atoms with Gasteiger partial charge < -0.3 is 10.6 Å². The van der Waals surface area contributed by atoms with Crippen LogP contribution in [0.15, 0.2) is 53.9 Å². The predicted molar refractivity (Wildman–Crippen MR) is 123 cm³/mol. The summed E-state index contributed by atoms with van der Waals surface area (Å²) >= 11 is 1.44. The first-order valence-electron chi connectivity index (χ1n) is 9.87. The number of nitrogens with one attached hydrogen (secondary N) is 2. The highest BCUT2D eigenvalue weighted by molar-refractivity contribution is 7.14. The van der Waals surface area contributed by atoms with Crippen LogP contribution < -0.4 is 10.6 Å². The molecule has 4 aromatic rings. The molecule has 0 unspecified atom stereocenters. The van der Waals surface area contributed by atoms with Crippen LogP contribution in [0.2, 0.25) is 0 Å². The molecule has 0 aliphatic rings. The van der Waals surface area contributed by atoms with E-state index in [0.717, 1.165) is 22.6 Å². The number of rotatable bonds is 7. The first-order valence-corrected chi connectivity index (χ1v) is 10.8. The van der Waals surface area contributed by atoms with Crippen molar-refractivity contribution in [2.45, 2.75) is 26.7 Å². The molecule has 0 saturated heterocycles. The van der Waals surface area contributed by atoms with Gasteiger partial charge in [-0.1, -0.05) is 36.4 Å². The maximum atomic E-state index is 12.2. The zero-order chi connectivity index (χ0) is 20.9. The molecule has 30 heavy (non-hydrogen) atoms. The molecule has 4 rings (SSSR count). The van der Waals surface area contributed by atoms with Crippen molar-refractivity contribution >= 4 is 39.1 Å². The Balaban J connectivity index is 1.29. The van der Waals surface area contributed by atoms with Crippen molar-refractivity contribution in [3.05, 3.63) is 65.3 Å². The molecule has 0 aliphatic carbocycles. The van der Waals surface area contributed by atoms with E-state index in [1.165, 1.54) is 22.1 Å². The number of hydrogen-bond donors (Lipinski definition) is 2. The SMILES string of the molecule is Cc1cc(C)nc(NCCCC(=O)Nc2nc(-c3ccc4ccccc4c3)cs2)n1. The van der Waals surface area contributed by atoms with Gasteiger partial charge in [0, 0.05) is 35.3 Å². The van der Waals surface area contributed by atoms with Crippen LogP contribution in [0.5, 0.6) is 0 Å². The highest BCUT2D eigenvalue weighted by Gasteiger charge is 2.09. The minimum absolute atomic E-state index is 0.0439. The second kappa shape index (κ2) is 9.00. The average Bonchev–Trinajstić information content (AvgIpc) is 3.18. The molecule has 0 spiro atoms. The second-order valence-electron chi connectivity index (χ2n) is 7.15. The Labute approximate surface area is 179 Å². The lowest BCUT2D eigenvalue weighted by Gasteiger charge is -2.06. The lowest BCUT2D eigenvalue weighted by molar-refractivity contribution is -0.116. The van der Waals surface area contributed by atoms with Crippen molar-refractivity contribution in [2.75, 3.05) is 17.2 Å². The van der Waals surface area contributed by atoms with Crippen molar-refractivity contribution in [1.29, 1.82) is 0 Å². The number of aromatic nitrogens is 3. The third kappa shape index (κ3) is 4.99. The zero-order valence-electron chi connectivity index (χ0n) is 17.0. The summed E-state index contributed by atoms with van der Waals surface area (Å²) in [4.78, 5) is 25.5. The normalized spacial score (nSPS) is 10.9. The number of benzene rings is 2. The van der Waals surface area contributed by atoms with Gasteiger partial charge >= 0.3 is 0 Å². The van der Waals surface area contributed by atoms with E-state index in [-0.39, 0.29) is 5.91 Å². The van der Waals surface area contributed by atoms with Crippen molar-refractivity contribution < 1.29 is 4.79 Å². The van der Waals surface area contributed by atoms with E-state index in [9.17, 15) is 4.79 Å². The standard InChI is InChI=1S/C23H23N5OS/c1-15-12-16(2)26-22(25-15)24-11-5-8-21(29)28-23-27-20(14-30-23)19-10-9-17-6-3-4-7-18(17)13-19/h3-4,6-7,9-10,12-14H,5,8,11H2,1-2H3,(H,24,25,26)(H,27,28,29). The van der Waals surface area contributed by atoms with Crippen LogP contribution >= 0.6 is 11.3 Å². The molecule has 6 nitrogen and oxygen atoms in total. The molecule has 0 saturated carbocycles. The number of fused-ring (bicyclic) bond motifs is 1. The minimum atomic E-state index is -0.0439. The summed E-state index contributed by atoms with van der Waals surface area (Å²) in [6.07, 6.45) is 1.09. The van der Waals surface area contributed by atoms with E-state index in [4.69, 9.17) is 0 Å². The molecule has 2 heterocycles. The van der Waals surface area contributed by atoms with E-state index < -0.39 is 0 Å². The van der Waals surface area contributed by atoms with E-state index in [2.05, 4.69) is 55.9 Å². The van der Waals surface area contributed by atoms with Crippen molar-refractivity contribution in [2.24, 2.45) is 0 Å². The van der Waals surface area contributed by atoms with E-state index in [0.29, 0.717) is 30.5 Å². The molecule has 0 bridgehead atoms. The number of nitrogens with zero attached hydrogens (tertiary/aromatic N) is 3. The van der Waals surface area contributed by atoms with Crippen LogP contribution in [0, 0.1) is 13.8 Å². The lowest BCUT2D eigenvalue weighted by Crippen LogP contribution is -2.14. The second-order valence-corrected chi connectivity index (χ2v) is 8.01. The first kappa shape index (κ1) is 20.0. The van der Waals surface area contributed by atoms with Gasteiger partial charge in [-0.25, -0.2) is 15.0 Å². The summed E-state index contributed by atoms with van der Waals surface area (Å²) in [5, 5.41) is 11.0. The summed E-state index contributed by atoms with van der Waals surface area (Å²) in [6, 6.07) is 16.4. The monoisotopic (exact) mass is 417 g/mol. The van der Waals surface area contributed by atoms with Crippen molar-refractivity contribution in [3.63, 3.8) is 0 Å². The number of carbonyl (C=O) groups is 1. The van der Waals surface area contributed by atoms with Gasteiger partial charge in [-0.05, 0) is 43.2 Å². The largest absolute Gasteiger partial charge is 0.354 e. The third-order valence-electron chi connectivity index (χ3n) is 4.64. The fourth-order valence-corrected chi connectivity index (χ4v) is 3.98. The average molecular weight is 418 g/mol. The summed E-state index contributed by atoms with van der Waals surface area (Å²) in [5.74, 6) is 0.561. The van der Waals surface area contributed by atoms with E-state index >= 15 is 0 Å². The molecule has 0 radical (unpaired) electrons. The van der Waals surface area contributed by atoms with Gasteiger partial charge in [0.25, 0.3) is 0 Å². The summed E-state index contributed by atoms with van der Waals surface area (Å²) < 4.78 is 0. The number of hydrogen-bond acceptors (Lipinski definition) is 6. The maximum Gasteiger partial charge on any atom is 0.226 e. The Hall–Kier alpha value is -3.32. The first-order chi connectivity index (χ1) is 14.6. The number of anilines is 2. The molecule has 7 heteroatoms. The molecule has 0 atom stereocenters. The van der Waals surface area contributed by atoms with Crippen LogP contribution in [0.4, 0.5) is 11.1 Å². The fraction of sp³-hybridized carbons (Fsp3) is 0.217. The molecule has 0 fully saturated rings. The highest BCUT2D eigenvalue weighted by atomic mass is 32.1. The van der Waals surface area contributed by atoms with Gasteiger partial charge in [-0.3, -0.25) is 4.79 Å². The summed E-state index contributed by atoms with van der Waals surface area (Å²) in [5.41, 5.74) is 3.76. The van der Waals surface area contributed by atoms with Crippen molar-refractivity contribution in [1.82, 2.24) is 15.0 Å². The number of amides is 1. The Kier molecular flexibility index (Phi) is 5.99. The van der Waals surface area contributed by atoms with Gasteiger partial charge in [-0.15, -0.1) is 11.3 Å². The van der Waals surface area contributed by atoms with Crippen LogP contribution in [0.1, 0.15) is 24.2 Å². The Morgan fingerprint density at radius 3 is 2.53 bits per heavy atom. The number of carbonyl (C=O) groups excluding carboxylic acids is 1. The summed E-state index contributed by atoms with van der Waals surface area (Å²) in [7, 11) is 0. The molecule has 2 aromatic heterocycles. The highest BCUT2D eigenvalue weighted by Crippen LogP contribution is 2.27. The minimum Gasteiger partial charge on any atom is -0.354 e. The van der Waals surface area contributed by atoms with Crippen LogP contribution in [-0.2, 0) is 4.79 Å². The smallest absolute Gasteiger partial charge is 0.226 e. The quantitative estimate of drug-likeness (QED) is 0.404. The maximum absolute atomic E-state index is 12.2. The van der Waals surface area contributed by atoms with Crippen LogP contribution in [-0.4, -0.2) is 27.4 Å². The van der Waals surface area contributed by atoms with Gasteiger partial charge in [0.1, 0.15) is 0 Å². The summed E-state index contributed by atoms with van der Waals surface area (Å²) in [6.45, 7) is 4.51. The Morgan fingerprint density at radius 2 is 1.73 bits per heavy atom. The van der Waals surface area contributed by atoms with Crippen LogP contribution in [0.3, 0.4) is 0 Å². The van der Waals surface area contributed by atoms with Gasteiger partial charge in [0.05, 0.1) is 5.69 Å². The van der Waals surface area contributed by atoms with E-state index in [1.54, 1.807) is 0 Å². The zero-order valence-corrected chi connectivity index (χ0v) is 17.8. The molecule has 1 amide bonds. The lowest BCUT2D eigenvalue weighted by atomic mass is 10.1. The van der Waals surface area contributed by atoms with Crippen LogP contribution in [0.25, 0.3) is 22.0 Å².